The molecule has 0 amide bonds. The van der Waals surface area contributed by atoms with Gasteiger partial charge in [0.2, 0.25) is 0 Å². The van der Waals surface area contributed by atoms with Crippen LogP contribution in [0.1, 0.15) is 0 Å². The zero-order valence-corrected chi connectivity index (χ0v) is 25.1. The van der Waals surface area contributed by atoms with Crippen molar-refractivity contribution in [2.24, 2.45) is 0 Å². The topological polar surface area (TPSA) is 36.9 Å². The summed E-state index contributed by atoms with van der Waals surface area (Å²) in [4.78, 5) is 0. The summed E-state index contributed by atoms with van der Waals surface area (Å²) in [6.07, 6.45) is 0. The predicted molar refractivity (Wildman–Crippen MR) is 139 cm³/mol. The molecule has 2 aromatic carbocycles. The number of rotatable bonds is 10. The summed E-state index contributed by atoms with van der Waals surface area (Å²) < 4.78 is 27.1. The van der Waals surface area contributed by atoms with Crippen LogP contribution in [0.4, 0.5) is 0 Å². The molecular weight excluding hydrogens is 457 g/mol. The van der Waals surface area contributed by atoms with E-state index in [-0.39, 0.29) is 0 Å². The molecule has 4 nitrogen and oxygen atoms in total. The molecular formula is C21H38O4Si5. The standard InChI is InChI=1S/C21H38O4Si5/c1-26(22-27(2,3)4)23-30(20-16-12-10-13-17-20,21-18-14-11-15-19-21)25-29(8,9)24-28(5,6)7/h10-19,26H,1-9H3. The van der Waals surface area contributed by atoms with Crippen molar-refractivity contribution < 1.29 is 16.5 Å². The van der Waals surface area contributed by atoms with E-state index in [0.717, 1.165) is 10.4 Å². The Morgan fingerprint density at radius 2 is 1.00 bits per heavy atom. The van der Waals surface area contributed by atoms with Gasteiger partial charge in [-0.25, -0.2) is 0 Å². The van der Waals surface area contributed by atoms with E-state index in [2.05, 4.69) is 107 Å². The van der Waals surface area contributed by atoms with Gasteiger partial charge in [0, 0.05) is 0 Å². The molecule has 9 heteroatoms. The lowest BCUT2D eigenvalue weighted by atomic mass is 10.4. The first kappa shape index (κ1) is 25.6. The summed E-state index contributed by atoms with van der Waals surface area (Å²) in [5, 5.41) is 2.21. The van der Waals surface area contributed by atoms with Crippen molar-refractivity contribution in [3.63, 3.8) is 0 Å². The second kappa shape index (κ2) is 9.88. The molecule has 0 spiro atoms. The average Bonchev–Trinajstić information content (AvgIpc) is 2.58. The maximum atomic E-state index is 7.10. The van der Waals surface area contributed by atoms with Gasteiger partial charge < -0.3 is 16.5 Å². The molecule has 0 aliphatic rings. The fourth-order valence-corrected chi connectivity index (χ4v) is 23.6. The quantitative estimate of drug-likeness (QED) is 0.455. The van der Waals surface area contributed by atoms with Crippen molar-refractivity contribution >= 4 is 53.4 Å². The van der Waals surface area contributed by atoms with Crippen LogP contribution in [0.15, 0.2) is 60.7 Å². The Labute approximate surface area is 189 Å². The molecule has 1 atom stereocenters. The highest BCUT2D eigenvalue weighted by molar-refractivity contribution is 7.01. The largest absolute Gasteiger partial charge is 0.439 e. The van der Waals surface area contributed by atoms with Gasteiger partial charge >= 0.3 is 17.1 Å². The third kappa shape index (κ3) is 7.81. The smallest absolute Gasteiger partial charge is 0.389 e. The van der Waals surface area contributed by atoms with Gasteiger partial charge in [0.25, 0.3) is 9.28 Å². The highest BCUT2D eigenvalue weighted by atomic mass is 28.5. The molecule has 2 rings (SSSR count). The van der Waals surface area contributed by atoms with Gasteiger partial charge in [-0.2, -0.15) is 0 Å². The van der Waals surface area contributed by atoms with Crippen LogP contribution in [0.2, 0.25) is 58.9 Å². The Hall–Kier alpha value is -0.636. The van der Waals surface area contributed by atoms with Gasteiger partial charge in [0.05, 0.1) is 0 Å². The molecule has 0 N–H and O–H groups in total. The maximum absolute atomic E-state index is 7.10. The van der Waals surface area contributed by atoms with Crippen LogP contribution in [-0.2, 0) is 16.5 Å². The fraction of sp³-hybridized carbons (Fsp3) is 0.429. The van der Waals surface area contributed by atoms with Gasteiger partial charge in [-0.3, -0.25) is 0 Å². The second-order valence-electron chi connectivity index (χ2n) is 9.98. The van der Waals surface area contributed by atoms with Crippen LogP contribution >= 0.6 is 0 Å². The minimum atomic E-state index is -3.03. The van der Waals surface area contributed by atoms with Crippen LogP contribution in [0.5, 0.6) is 0 Å². The summed E-state index contributed by atoms with van der Waals surface area (Å²) in [6, 6.07) is 20.9. The Balaban J connectivity index is 2.60. The number of benzene rings is 2. The highest BCUT2D eigenvalue weighted by Gasteiger charge is 2.50. The molecule has 30 heavy (non-hydrogen) atoms. The summed E-state index contributed by atoms with van der Waals surface area (Å²) in [5.74, 6) is 0. The van der Waals surface area contributed by atoms with E-state index in [9.17, 15) is 0 Å². The van der Waals surface area contributed by atoms with E-state index in [0.29, 0.717) is 0 Å². The third-order valence-electron chi connectivity index (χ3n) is 4.10. The lowest BCUT2D eigenvalue weighted by Gasteiger charge is -2.42. The monoisotopic (exact) mass is 494 g/mol. The molecule has 0 saturated carbocycles. The first-order valence-corrected chi connectivity index (χ1v) is 24.1. The number of hydrogen-bond acceptors (Lipinski definition) is 4. The van der Waals surface area contributed by atoms with Crippen LogP contribution in [-0.4, -0.2) is 43.0 Å². The molecule has 166 valence electrons. The van der Waals surface area contributed by atoms with E-state index < -0.39 is 43.0 Å². The average molecular weight is 495 g/mol. The molecule has 0 bridgehead atoms. The van der Waals surface area contributed by atoms with Gasteiger partial charge in [-0.05, 0) is 69.3 Å². The first-order chi connectivity index (χ1) is 13.7. The summed E-state index contributed by atoms with van der Waals surface area (Å²) >= 11 is 0. The van der Waals surface area contributed by atoms with Crippen molar-refractivity contribution in [2.75, 3.05) is 0 Å². The molecule has 0 aliphatic heterocycles. The normalized spacial score (nSPS) is 14.6. The SMILES string of the molecule is C[SiH](O[Si](C)(C)C)O[Si](O[Si](C)(C)O[Si](C)(C)C)(c1ccccc1)c1ccccc1. The molecule has 0 heterocycles. The van der Waals surface area contributed by atoms with Crippen molar-refractivity contribution in [2.45, 2.75) is 58.9 Å². The van der Waals surface area contributed by atoms with E-state index >= 15 is 0 Å². The van der Waals surface area contributed by atoms with Gasteiger partial charge in [-0.1, -0.05) is 60.7 Å². The van der Waals surface area contributed by atoms with E-state index in [4.69, 9.17) is 16.5 Å². The highest BCUT2D eigenvalue weighted by Crippen LogP contribution is 2.23. The molecule has 1 unspecified atom stereocenters. The predicted octanol–water partition coefficient (Wildman–Crippen LogP) is 4.53. The van der Waals surface area contributed by atoms with E-state index in [1.165, 1.54) is 0 Å². The molecule has 0 aromatic heterocycles. The van der Waals surface area contributed by atoms with Crippen molar-refractivity contribution in [1.29, 1.82) is 0 Å². The van der Waals surface area contributed by atoms with Crippen LogP contribution in [0, 0.1) is 0 Å². The Bertz CT molecular complexity index is 749. The lowest BCUT2D eigenvalue weighted by Crippen LogP contribution is -2.70. The third-order valence-corrected chi connectivity index (χ3v) is 20.6. The molecule has 0 fully saturated rings. The van der Waals surface area contributed by atoms with E-state index in [1.807, 2.05) is 12.1 Å². The summed E-state index contributed by atoms with van der Waals surface area (Å²) in [5.41, 5.74) is 0. The Kier molecular flexibility index (Phi) is 8.44. The zero-order valence-electron chi connectivity index (χ0n) is 20.0. The van der Waals surface area contributed by atoms with E-state index in [1.54, 1.807) is 0 Å². The second-order valence-corrected chi connectivity index (χ2v) is 28.3. The number of hydrogen-bond donors (Lipinski definition) is 0. The fourth-order valence-electron chi connectivity index (χ4n) is 3.62. The van der Waals surface area contributed by atoms with Gasteiger partial charge in [0.15, 0.2) is 16.6 Å². The first-order valence-electron chi connectivity index (χ1n) is 10.6. The molecule has 0 radical (unpaired) electrons. The van der Waals surface area contributed by atoms with Crippen molar-refractivity contribution in [3.8, 4) is 0 Å². The Morgan fingerprint density at radius 1 is 0.567 bits per heavy atom. The van der Waals surface area contributed by atoms with Gasteiger partial charge in [-0.15, -0.1) is 0 Å². The summed E-state index contributed by atoms with van der Waals surface area (Å²) in [7, 11) is -11.0. The van der Waals surface area contributed by atoms with Crippen molar-refractivity contribution in [1.82, 2.24) is 0 Å². The van der Waals surface area contributed by atoms with Crippen molar-refractivity contribution in [3.05, 3.63) is 60.7 Å². The lowest BCUT2D eigenvalue weighted by molar-refractivity contribution is 0.324. The molecule has 2 aromatic rings. The minimum absolute atomic E-state index is 1.11. The Morgan fingerprint density at radius 3 is 1.37 bits per heavy atom. The molecule has 0 saturated heterocycles. The minimum Gasteiger partial charge on any atom is -0.439 e. The van der Waals surface area contributed by atoms with Crippen LogP contribution in [0.25, 0.3) is 0 Å². The van der Waals surface area contributed by atoms with Crippen LogP contribution < -0.4 is 10.4 Å². The summed E-state index contributed by atoms with van der Waals surface area (Å²) in [6.45, 7) is 19.7. The van der Waals surface area contributed by atoms with Crippen LogP contribution in [0.3, 0.4) is 0 Å². The molecule has 0 aliphatic carbocycles. The maximum Gasteiger partial charge on any atom is 0.389 e. The van der Waals surface area contributed by atoms with Gasteiger partial charge in [0.1, 0.15) is 0 Å². The zero-order chi connectivity index (χ0) is 22.6.